The van der Waals surface area contributed by atoms with Crippen molar-refractivity contribution >= 4 is 5.91 Å². The van der Waals surface area contributed by atoms with Crippen molar-refractivity contribution in [2.24, 2.45) is 0 Å². The smallest absolute Gasteiger partial charge is 0.226 e. The number of benzene rings is 2. The molecule has 4 nitrogen and oxygen atoms in total. The number of carbonyl (C=O) groups is 1. The van der Waals surface area contributed by atoms with E-state index in [0.717, 1.165) is 23.2 Å². The molecule has 0 spiro atoms. The van der Waals surface area contributed by atoms with Crippen molar-refractivity contribution in [1.29, 1.82) is 0 Å². The van der Waals surface area contributed by atoms with Crippen LogP contribution in [0.5, 0.6) is 0 Å². The van der Waals surface area contributed by atoms with Crippen molar-refractivity contribution in [3.63, 3.8) is 0 Å². The minimum Gasteiger partial charge on any atom is -0.352 e. The molecule has 1 aliphatic heterocycles. The number of hydrogen-bond acceptors (Lipinski definition) is 3. The van der Waals surface area contributed by atoms with Crippen LogP contribution in [0.15, 0.2) is 66.9 Å². The van der Waals surface area contributed by atoms with E-state index < -0.39 is 0 Å². The standard InChI is InChI=1S/C26H28FN3O/c27-24-6-4-5-21(15-24)17-29-26(31)16-25-12-11-23(18-28-25)22-9-7-20(8-10-22)19-30-13-2-1-3-14-30/h4-12,15,18H,1-3,13-14,16-17,19H2,(H,29,31). The summed E-state index contributed by atoms with van der Waals surface area (Å²) in [5.41, 5.74) is 4.94. The molecule has 1 aliphatic rings. The summed E-state index contributed by atoms with van der Waals surface area (Å²) in [5, 5.41) is 2.81. The maximum absolute atomic E-state index is 13.2. The lowest BCUT2D eigenvalue weighted by molar-refractivity contribution is -0.120. The summed E-state index contributed by atoms with van der Waals surface area (Å²) in [6.45, 7) is 3.71. The number of pyridine rings is 1. The van der Waals surface area contributed by atoms with Crippen LogP contribution in [-0.4, -0.2) is 28.9 Å². The monoisotopic (exact) mass is 417 g/mol. The molecule has 160 valence electrons. The van der Waals surface area contributed by atoms with Gasteiger partial charge in [-0.15, -0.1) is 0 Å². The molecule has 1 fully saturated rings. The molecule has 1 saturated heterocycles. The number of amides is 1. The fourth-order valence-corrected chi connectivity index (χ4v) is 3.95. The van der Waals surface area contributed by atoms with Gasteiger partial charge in [0, 0.05) is 30.5 Å². The Hall–Kier alpha value is -3.05. The average Bonchev–Trinajstić information content (AvgIpc) is 2.80. The number of aromatic nitrogens is 1. The molecule has 0 atom stereocenters. The predicted molar refractivity (Wildman–Crippen MR) is 121 cm³/mol. The maximum Gasteiger partial charge on any atom is 0.226 e. The maximum atomic E-state index is 13.2. The average molecular weight is 418 g/mol. The Morgan fingerprint density at radius 3 is 2.42 bits per heavy atom. The van der Waals surface area contributed by atoms with Gasteiger partial charge < -0.3 is 5.32 Å². The lowest BCUT2D eigenvalue weighted by Gasteiger charge is -2.26. The third kappa shape index (κ3) is 6.22. The minimum absolute atomic E-state index is 0.133. The second-order valence-corrected chi connectivity index (χ2v) is 8.16. The van der Waals surface area contributed by atoms with E-state index in [9.17, 15) is 9.18 Å². The number of hydrogen-bond donors (Lipinski definition) is 1. The van der Waals surface area contributed by atoms with Gasteiger partial charge in [0.2, 0.25) is 5.91 Å². The van der Waals surface area contributed by atoms with Gasteiger partial charge in [0.25, 0.3) is 0 Å². The zero-order valence-corrected chi connectivity index (χ0v) is 17.7. The van der Waals surface area contributed by atoms with Crippen LogP contribution in [0, 0.1) is 5.82 Å². The number of nitrogens with zero attached hydrogens (tertiary/aromatic N) is 2. The van der Waals surface area contributed by atoms with E-state index in [4.69, 9.17) is 0 Å². The third-order valence-electron chi connectivity index (χ3n) is 5.69. The van der Waals surface area contributed by atoms with Gasteiger partial charge in [-0.05, 0) is 60.8 Å². The van der Waals surface area contributed by atoms with E-state index in [1.54, 1.807) is 12.1 Å². The van der Waals surface area contributed by atoms with Crippen LogP contribution in [0.4, 0.5) is 4.39 Å². The molecular weight excluding hydrogens is 389 g/mol. The van der Waals surface area contributed by atoms with Gasteiger partial charge in [-0.25, -0.2) is 4.39 Å². The highest BCUT2D eigenvalue weighted by Crippen LogP contribution is 2.21. The number of piperidine rings is 1. The molecule has 31 heavy (non-hydrogen) atoms. The van der Waals surface area contributed by atoms with Gasteiger partial charge in [0.15, 0.2) is 0 Å². The van der Waals surface area contributed by atoms with Crippen LogP contribution in [-0.2, 0) is 24.3 Å². The molecule has 0 bridgehead atoms. The number of likely N-dealkylation sites (tertiary alicyclic amines) is 1. The topological polar surface area (TPSA) is 45.2 Å². The molecule has 0 radical (unpaired) electrons. The van der Waals surface area contributed by atoms with Crippen molar-refractivity contribution in [2.45, 2.75) is 38.8 Å². The van der Waals surface area contributed by atoms with Crippen LogP contribution in [0.25, 0.3) is 11.1 Å². The second kappa shape index (κ2) is 10.3. The van der Waals surface area contributed by atoms with Gasteiger partial charge in [-0.1, -0.05) is 48.9 Å². The Labute approximate surface area is 183 Å². The van der Waals surface area contributed by atoms with Crippen LogP contribution < -0.4 is 5.32 Å². The summed E-state index contributed by atoms with van der Waals surface area (Å²) in [6.07, 6.45) is 5.98. The third-order valence-corrected chi connectivity index (χ3v) is 5.69. The van der Waals surface area contributed by atoms with Crippen LogP contribution in [0.3, 0.4) is 0 Å². The SMILES string of the molecule is O=C(Cc1ccc(-c2ccc(CN3CCCCC3)cc2)cn1)NCc1cccc(F)c1. The van der Waals surface area contributed by atoms with Gasteiger partial charge in [0.05, 0.1) is 6.42 Å². The summed E-state index contributed by atoms with van der Waals surface area (Å²) in [6, 6.07) is 18.8. The predicted octanol–water partition coefficient (Wildman–Crippen LogP) is 4.73. The van der Waals surface area contributed by atoms with Gasteiger partial charge in [-0.2, -0.15) is 0 Å². The van der Waals surface area contributed by atoms with Gasteiger partial charge in [0.1, 0.15) is 5.82 Å². The van der Waals surface area contributed by atoms with E-state index in [-0.39, 0.29) is 18.1 Å². The highest BCUT2D eigenvalue weighted by atomic mass is 19.1. The molecule has 0 saturated carbocycles. The van der Waals surface area contributed by atoms with E-state index in [1.807, 2.05) is 18.3 Å². The Morgan fingerprint density at radius 2 is 1.71 bits per heavy atom. The number of rotatable bonds is 7. The first kappa shape index (κ1) is 21.2. The molecule has 0 aliphatic carbocycles. The summed E-state index contributed by atoms with van der Waals surface area (Å²) < 4.78 is 13.2. The Kier molecular flexibility index (Phi) is 7.05. The fourth-order valence-electron chi connectivity index (χ4n) is 3.95. The first-order chi connectivity index (χ1) is 15.2. The van der Waals surface area contributed by atoms with Crippen molar-refractivity contribution in [2.75, 3.05) is 13.1 Å². The molecular formula is C26H28FN3O. The van der Waals surface area contributed by atoms with Crippen molar-refractivity contribution in [3.8, 4) is 11.1 Å². The summed E-state index contributed by atoms with van der Waals surface area (Å²) >= 11 is 0. The van der Waals surface area contributed by atoms with Crippen LogP contribution in [0.1, 0.15) is 36.1 Å². The van der Waals surface area contributed by atoms with Gasteiger partial charge >= 0.3 is 0 Å². The Morgan fingerprint density at radius 1 is 0.935 bits per heavy atom. The molecule has 1 amide bonds. The Balaban J connectivity index is 1.29. The molecule has 1 N–H and O–H groups in total. The van der Waals surface area contributed by atoms with Crippen molar-refractivity contribution in [3.05, 3.63) is 89.5 Å². The van der Waals surface area contributed by atoms with E-state index >= 15 is 0 Å². The largest absolute Gasteiger partial charge is 0.352 e. The van der Waals surface area contributed by atoms with Crippen LogP contribution >= 0.6 is 0 Å². The molecule has 2 heterocycles. The van der Waals surface area contributed by atoms with Gasteiger partial charge in [-0.3, -0.25) is 14.7 Å². The molecule has 4 rings (SSSR count). The first-order valence-electron chi connectivity index (χ1n) is 10.9. The second-order valence-electron chi connectivity index (χ2n) is 8.16. The van der Waals surface area contributed by atoms with E-state index in [1.165, 1.54) is 50.0 Å². The van der Waals surface area contributed by atoms with E-state index in [2.05, 4.69) is 39.5 Å². The fraction of sp³-hybridized carbons (Fsp3) is 0.308. The zero-order valence-electron chi connectivity index (χ0n) is 17.7. The molecule has 0 unspecified atom stereocenters. The number of carbonyl (C=O) groups excluding carboxylic acids is 1. The number of halogens is 1. The first-order valence-corrected chi connectivity index (χ1v) is 10.9. The summed E-state index contributed by atoms with van der Waals surface area (Å²) in [5.74, 6) is -0.435. The Bertz CT molecular complexity index is 996. The normalized spacial score (nSPS) is 14.4. The van der Waals surface area contributed by atoms with E-state index in [0.29, 0.717) is 12.2 Å². The lowest BCUT2D eigenvalue weighted by atomic mass is 10.0. The summed E-state index contributed by atoms with van der Waals surface area (Å²) in [7, 11) is 0. The number of nitrogens with one attached hydrogen (secondary N) is 1. The van der Waals surface area contributed by atoms with Crippen LogP contribution in [0.2, 0.25) is 0 Å². The minimum atomic E-state index is -0.302. The van der Waals surface area contributed by atoms with Crippen molar-refractivity contribution in [1.82, 2.24) is 15.2 Å². The van der Waals surface area contributed by atoms with Crippen molar-refractivity contribution < 1.29 is 9.18 Å². The zero-order chi connectivity index (χ0) is 21.5. The molecule has 1 aromatic heterocycles. The molecule has 5 heteroatoms. The molecule has 2 aromatic carbocycles. The lowest BCUT2D eigenvalue weighted by Crippen LogP contribution is -2.28. The quantitative estimate of drug-likeness (QED) is 0.604. The highest BCUT2D eigenvalue weighted by molar-refractivity contribution is 5.78. The summed E-state index contributed by atoms with van der Waals surface area (Å²) in [4.78, 5) is 19.2. The highest BCUT2D eigenvalue weighted by Gasteiger charge is 2.10. The molecule has 3 aromatic rings.